The molecular formula is C25H26N6O3. The van der Waals surface area contributed by atoms with Crippen LogP contribution in [0.5, 0.6) is 6.01 Å². The summed E-state index contributed by atoms with van der Waals surface area (Å²) in [7, 11) is 1.60. The number of fused-ring (bicyclic) bond motifs is 1. The minimum Gasteiger partial charge on any atom is -0.461 e. The molecule has 0 radical (unpaired) electrons. The number of carbonyl (C=O) groups excluding carboxylic acids is 1. The third-order valence-electron chi connectivity index (χ3n) is 5.33. The van der Waals surface area contributed by atoms with E-state index in [4.69, 9.17) is 20.6 Å². The normalized spacial score (nSPS) is 10.9. The minimum atomic E-state index is -0.148. The molecule has 0 spiro atoms. The van der Waals surface area contributed by atoms with Crippen LogP contribution in [0.1, 0.15) is 21.5 Å². The standard InChI is InChI=1S/C25H26N6O3/c1-33-12-13-34-25-29-11-9-21(31-25)17-3-5-18(6-4-17)24(32)28-10-8-16-2-7-22-19(14-16)20(15-30-22)23(26)27/h2-7,9,11,14-15,30H,8,10,12-13H2,1H3,(H3,26,27)(H,28,32). The molecular weight excluding hydrogens is 432 g/mol. The molecule has 34 heavy (non-hydrogen) atoms. The van der Waals surface area contributed by atoms with E-state index in [-0.39, 0.29) is 17.8 Å². The molecule has 0 aliphatic heterocycles. The number of aromatic nitrogens is 3. The average molecular weight is 459 g/mol. The van der Waals surface area contributed by atoms with Crippen LogP contribution in [0.2, 0.25) is 0 Å². The number of ether oxygens (including phenoxy) is 2. The van der Waals surface area contributed by atoms with Crippen LogP contribution >= 0.6 is 0 Å². The van der Waals surface area contributed by atoms with Crippen LogP contribution in [0.15, 0.2) is 60.9 Å². The van der Waals surface area contributed by atoms with Gasteiger partial charge in [-0.05, 0) is 42.3 Å². The lowest BCUT2D eigenvalue weighted by Crippen LogP contribution is -2.25. The third kappa shape index (κ3) is 5.38. The maximum absolute atomic E-state index is 12.6. The van der Waals surface area contributed by atoms with Crippen molar-refractivity contribution in [1.29, 1.82) is 5.41 Å². The van der Waals surface area contributed by atoms with Crippen molar-refractivity contribution in [1.82, 2.24) is 20.3 Å². The smallest absolute Gasteiger partial charge is 0.316 e. The predicted molar refractivity (Wildman–Crippen MR) is 130 cm³/mol. The molecule has 2 aromatic carbocycles. The van der Waals surface area contributed by atoms with Crippen LogP contribution in [0.3, 0.4) is 0 Å². The van der Waals surface area contributed by atoms with E-state index in [1.807, 2.05) is 30.3 Å². The number of nitrogens with one attached hydrogen (secondary N) is 3. The number of H-pyrrole nitrogens is 1. The molecule has 0 fully saturated rings. The summed E-state index contributed by atoms with van der Waals surface area (Å²) in [5.41, 5.74) is 10.4. The number of hydrogen-bond donors (Lipinski definition) is 4. The van der Waals surface area contributed by atoms with Crippen molar-refractivity contribution in [3.63, 3.8) is 0 Å². The summed E-state index contributed by atoms with van der Waals surface area (Å²) in [5.74, 6) is -0.123. The molecule has 0 saturated heterocycles. The SMILES string of the molecule is COCCOc1nccc(-c2ccc(C(=O)NCCc3ccc4[nH]cc(C(=N)N)c4c3)cc2)n1. The summed E-state index contributed by atoms with van der Waals surface area (Å²) in [6.07, 6.45) is 4.03. The highest BCUT2D eigenvalue weighted by atomic mass is 16.5. The first-order valence-corrected chi connectivity index (χ1v) is 10.8. The molecule has 0 bridgehead atoms. The Bertz CT molecular complexity index is 1300. The number of aromatic amines is 1. The van der Waals surface area contributed by atoms with Gasteiger partial charge < -0.3 is 25.5 Å². The molecule has 9 heteroatoms. The zero-order valence-corrected chi connectivity index (χ0v) is 18.8. The quantitative estimate of drug-likeness (QED) is 0.164. The minimum absolute atomic E-state index is 0.0250. The van der Waals surface area contributed by atoms with Gasteiger partial charge in [0.2, 0.25) is 0 Å². The van der Waals surface area contributed by atoms with Crippen LogP contribution < -0.4 is 15.8 Å². The van der Waals surface area contributed by atoms with E-state index in [1.54, 1.807) is 37.7 Å². The van der Waals surface area contributed by atoms with Gasteiger partial charge in [-0.15, -0.1) is 0 Å². The van der Waals surface area contributed by atoms with Gasteiger partial charge in [-0.3, -0.25) is 10.2 Å². The number of methoxy groups -OCH3 is 1. The van der Waals surface area contributed by atoms with Gasteiger partial charge in [0.25, 0.3) is 5.91 Å². The summed E-state index contributed by atoms with van der Waals surface area (Å²) in [5, 5.41) is 11.6. The molecule has 4 rings (SSSR count). The Morgan fingerprint density at radius 1 is 1.15 bits per heavy atom. The predicted octanol–water partition coefficient (Wildman–Crippen LogP) is 2.91. The van der Waals surface area contributed by atoms with Gasteiger partial charge in [-0.1, -0.05) is 18.2 Å². The maximum Gasteiger partial charge on any atom is 0.316 e. The van der Waals surface area contributed by atoms with Gasteiger partial charge in [-0.2, -0.15) is 4.98 Å². The van der Waals surface area contributed by atoms with Crippen molar-refractivity contribution in [3.05, 3.63) is 77.6 Å². The summed E-state index contributed by atoms with van der Waals surface area (Å²) in [4.78, 5) is 24.2. The monoisotopic (exact) mass is 458 g/mol. The molecule has 0 saturated carbocycles. The first-order valence-electron chi connectivity index (χ1n) is 10.8. The molecule has 2 aromatic heterocycles. The van der Waals surface area contributed by atoms with Crippen molar-refractivity contribution in [2.45, 2.75) is 6.42 Å². The lowest BCUT2D eigenvalue weighted by molar-refractivity contribution is 0.0954. The Balaban J connectivity index is 1.34. The second-order valence-electron chi connectivity index (χ2n) is 7.64. The van der Waals surface area contributed by atoms with Crippen LogP contribution in [0, 0.1) is 5.41 Å². The Labute approximate surface area is 196 Å². The van der Waals surface area contributed by atoms with E-state index in [2.05, 4.69) is 20.3 Å². The van der Waals surface area contributed by atoms with Crippen LogP contribution in [0.25, 0.3) is 22.2 Å². The van der Waals surface area contributed by atoms with E-state index in [9.17, 15) is 4.79 Å². The van der Waals surface area contributed by atoms with Gasteiger partial charge in [0.1, 0.15) is 12.4 Å². The maximum atomic E-state index is 12.6. The van der Waals surface area contributed by atoms with Crippen LogP contribution in [0.4, 0.5) is 0 Å². The zero-order valence-electron chi connectivity index (χ0n) is 18.8. The van der Waals surface area contributed by atoms with E-state index >= 15 is 0 Å². The first kappa shape index (κ1) is 22.9. The number of hydrogen-bond acceptors (Lipinski definition) is 6. The summed E-state index contributed by atoms with van der Waals surface area (Å²) in [6, 6.07) is 15.3. The van der Waals surface area contributed by atoms with E-state index < -0.39 is 0 Å². The van der Waals surface area contributed by atoms with E-state index in [0.29, 0.717) is 43.0 Å². The van der Waals surface area contributed by atoms with Crippen molar-refractivity contribution >= 4 is 22.6 Å². The highest BCUT2D eigenvalue weighted by Crippen LogP contribution is 2.21. The summed E-state index contributed by atoms with van der Waals surface area (Å²) < 4.78 is 10.4. The Kier molecular flexibility index (Phi) is 7.14. The average Bonchev–Trinajstić information content (AvgIpc) is 3.28. The lowest BCUT2D eigenvalue weighted by Gasteiger charge is -2.08. The molecule has 1 amide bonds. The Morgan fingerprint density at radius 2 is 1.97 bits per heavy atom. The number of amides is 1. The summed E-state index contributed by atoms with van der Waals surface area (Å²) >= 11 is 0. The highest BCUT2D eigenvalue weighted by molar-refractivity contribution is 6.07. The largest absolute Gasteiger partial charge is 0.461 e. The fourth-order valence-electron chi connectivity index (χ4n) is 3.55. The number of carbonyl (C=O) groups is 1. The molecule has 9 nitrogen and oxygen atoms in total. The molecule has 174 valence electrons. The van der Waals surface area contributed by atoms with Gasteiger partial charge in [0.05, 0.1) is 12.3 Å². The summed E-state index contributed by atoms with van der Waals surface area (Å²) in [6.45, 7) is 1.31. The van der Waals surface area contributed by atoms with E-state index in [0.717, 1.165) is 22.0 Å². The first-order chi connectivity index (χ1) is 16.5. The fraction of sp³-hybridized carbons (Fsp3) is 0.200. The topological polar surface area (TPSA) is 139 Å². The van der Waals surface area contributed by atoms with Crippen molar-refractivity contribution in [3.8, 4) is 17.3 Å². The molecule has 0 atom stereocenters. The number of benzene rings is 2. The number of amidine groups is 1. The van der Waals surface area contributed by atoms with Gasteiger partial charge in [0, 0.05) is 53.6 Å². The van der Waals surface area contributed by atoms with Gasteiger partial charge >= 0.3 is 6.01 Å². The Morgan fingerprint density at radius 3 is 2.74 bits per heavy atom. The number of nitrogens with two attached hydrogens (primary N) is 1. The molecule has 0 aliphatic carbocycles. The van der Waals surface area contributed by atoms with Crippen molar-refractivity contribution in [2.24, 2.45) is 5.73 Å². The third-order valence-corrected chi connectivity index (χ3v) is 5.33. The molecule has 2 heterocycles. The van der Waals surface area contributed by atoms with E-state index in [1.165, 1.54) is 0 Å². The second kappa shape index (κ2) is 10.6. The van der Waals surface area contributed by atoms with Crippen molar-refractivity contribution in [2.75, 3.05) is 26.9 Å². The Hall–Kier alpha value is -4.24. The number of nitrogens with zero attached hydrogens (tertiary/aromatic N) is 2. The van der Waals surface area contributed by atoms with Crippen molar-refractivity contribution < 1.29 is 14.3 Å². The fourth-order valence-corrected chi connectivity index (χ4v) is 3.55. The molecule has 0 unspecified atom stereocenters. The van der Waals surface area contributed by atoms with Crippen LogP contribution in [-0.4, -0.2) is 53.6 Å². The molecule has 5 N–H and O–H groups in total. The number of nitrogen functional groups attached to an aromatic ring is 1. The molecule has 4 aromatic rings. The van der Waals surface area contributed by atoms with Crippen LogP contribution in [-0.2, 0) is 11.2 Å². The second-order valence-corrected chi connectivity index (χ2v) is 7.64. The number of rotatable bonds is 10. The lowest BCUT2D eigenvalue weighted by atomic mass is 10.1. The highest BCUT2D eigenvalue weighted by Gasteiger charge is 2.09. The zero-order chi connectivity index (χ0) is 23.9. The van der Waals surface area contributed by atoms with Gasteiger partial charge in [0.15, 0.2) is 0 Å². The molecule has 0 aliphatic rings. The van der Waals surface area contributed by atoms with Gasteiger partial charge in [-0.25, -0.2) is 4.98 Å².